The van der Waals surface area contributed by atoms with Crippen LogP contribution in [0.3, 0.4) is 0 Å². The normalized spacial score (nSPS) is 11.4. The molecule has 0 bridgehead atoms. The molecule has 12 heteroatoms. The van der Waals surface area contributed by atoms with Crippen LogP contribution in [0.2, 0.25) is 0 Å². The average molecular weight is 383 g/mol. The molecule has 10 nitrogen and oxygen atoms in total. The first-order valence-corrected chi connectivity index (χ1v) is 8.04. The third-order valence-electron chi connectivity index (χ3n) is 3.14. The SMILES string of the molecule is COC(=O)[C@H](C)N(C(=O)Nc1n[nH]c(=S)s1)c1ccc([N+](=O)[O-])cc1. The number of aromatic nitrogens is 2. The van der Waals surface area contributed by atoms with Crippen molar-refractivity contribution in [3.63, 3.8) is 0 Å². The van der Waals surface area contributed by atoms with Crippen molar-refractivity contribution >= 4 is 52.1 Å². The molecule has 1 aromatic carbocycles. The van der Waals surface area contributed by atoms with E-state index in [0.717, 1.165) is 16.2 Å². The molecule has 0 aliphatic rings. The Morgan fingerprint density at radius 1 is 1.44 bits per heavy atom. The summed E-state index contributed by atoms with van der Waals surface area (Å²) < 4.78 is 5.05. The van der Waals surface area contributed by atoms with Gasteiger partial charge in [-0.1, -0.05) is 11.3 Å². The molecule has 132 valence electrons. The highest BCUT2D eigenvalue weighted by molar-refractivity contribution is 7.73. The number of carbonyl (C=O) groups is 2. The number of non-ortho nitro benzene ring substituents is 1. The summed E-state index contributed by atoms with van der Waals surface area (Å²) in [7, 11) is 1.20. The number of carbonyl (C=O) groups excluding carboxylic acids is 2. The molecule has 1 atom stereocenters. The van der Waals surface area contributed by atoms with Gasteiger partial charge in [-0.25, -0.2) is 9.59 Å². The lowest BCUT2D eigenvalue weighted by atomic mass is 10.2. The van der Waals surface area contributed by atoms with E-state index in [2.05, 4.69) is 20.3 Å². The fourth-order valence-corrected chi connectivity index (χ4v) is 2.74. The maximum atomic E-state index is 12.6. The minimum Gasteiger partial charge on any atom is -0.467 e. The number of amides is 2. The Labute approximate surface area is 150 Å². The van der Waals surface area contributed by atoms with Crippen molar-refractivity contribution in [3.05, 3.63) is 38.3 Å². The van der Waals surface area contributed by atoms with Gasteiger partial charge >= 0.3 is 12.0 Å². The second-order valence-corrected chi connectivity index (χ2v) is 6.36. The summed E-state index contributed by atoms with van der Waals surface area (Å²) >= 11 is 5.94. The Morgan fingerprint density at radius 2 is 2.08 bits per heavy atom. The molecule has 2 N–H and O–H groups in total. The van der Waals surface area contributed by atoms with Crippen LogP contribution in [0.25, 0.3) is 0 Å². The van der Waals surface area contributed by atoms with E-state index in [1.54, 1.807) is 0 Å². The van der Waals surface area contributed by atoms with Crippen LogP contribution in [0.4, 0.5) is 21.3 Å². The van der Waals surface area contributed by atoms with Gasteiger partial charge in [-0.15, -0.1) is 5.10 Å². The zero-order valence-electron chi connectivity index (χ0n) is 13.1. The standard InChI is InChI=1S/C13H13N5O5S2/c1-7(10(19)23-2)17(8-3-5-9(6-4-8)18(21)22)12(20)14-11-15-16-13(24)25-11/h3-7H,1-2H3,(H,16,24)(H,14,15,20)/t7-/m0/s1. The number of esters is 1. The van der Waals surface area contributed by atoms with Crippen molar-refractivity contribution in [2.75, 3.05) is 17.3 Å². The second kappa shape index (κ2) is 7.81. The summed E-state index contributed by atoms with van der Waals surface area (Å²) in [6.45, 7) is 1.47. The topological polar surface area (TPSA) is 130 Å². The Balaban J connectivity index is 2.34. The number of benzene rings is 1. The number of nitro benzene ring substituents is 1. The van der Waals surface area contributed by atoms with Gasteiger partial charge in [-0.3, -0.25) is 25.4 Å². The number of nitrogens with one attached hydrogen (secondary N) is 2. The number of hydrogen-bond donors (Lipinski definition) is 2. The minimum atomic E-state index is -0.974. The number of nitro groups is 1. The molecular weight excluding hydrogens is 370 g/mol. The van der Waals surface area contributed by atoms with Crippen molar-refractivity contribution in [3.8, 4) is 0 Å². The zero-order chi connectivity index (χ0) is 18.6. The van der Waals surface area contributed by atoms with Crippen molar-refractivity contribution < 1.29 is 19.2 Å². The first-order chi connectivity index (χ1) is 11.8. The number of hydrogen-bond acceptors (Lipinski definition) is 8. The van der Waals surface area contributed by atoms with E-state index in [-0.39, 0.29) is 16.5 Å². The van der Waals surface area contributed by atoms with Crippen molar-refractivity contribution in [2.24, 2.45) is 0 Å². The second-order valence-electron chi connectivity index (χ2n) is 4.69. The number of H-pyrrole nitrogens is 1. The first-order valence-electron chi connectivity index (χ1n) is 6.81. The van der Waals surface area contributed by atoms with E-state index in [0.29, 0.717) is 3.95 Å². The molecule has 0 saturated carbocycles. The van der Waals surface area contributed by atoms with E-state index in [1.807, 2.05) is 0 Å². The molecule has 2 aromatic rings. The number of urea groups is 1. The minimum absolute atomic E-state index is 0.139. The van der Waals surface area contributed by atoms with Crippen LogP contribution in [0, 0.1) is 14.1 Å². The highest BCUT2D eigenvalue weighted by atomic mass is 32.1. The lowest BCUT2D eigenvalue weighted by molar-refractivity contribution is -0.384. The Kier molecular flexibility index (Phi) is 5.77. The molecule has 0 saturated heterocycles. The maximum absolute atomic E-state index is 12.6. The van der Waals surface area contributed by atoms with Crippen molar-refractivity contribution in [2.45, 2.75) is 13.0 Å². The maximum Gasteiger partial charge on any atom is 0.328 e. The largest absolute Gasteiger partial charge is 0.467 e. The summed E-state index contributed by atoms with van der Waals surface area (Å²) in [5, 5.41) is 19.8. The summed E-state index contributed by atoms with van der Waals surface area (Å²) in [6, 6.07) is 3.56. The predicted octanol–water partition coefficient (Wildman–Crippen LogP) is 2.71. The molecule has 25 heavy (non-hydrogen) atoms. The Hall–Kier alpha value is -2.86. The van der Waals surface area contributed by atoms with Crippen LogP contribution in [0.5, 0.6) is 0 Å². The molecule has 0 spiro atoms. The van der Waals surface area contributed by atoms with Crippen LogP contribution in [-0.2, 0) is 9.53 Å². The smallest absolute Gasteiger partial charge is 0.328 e. The lowest BCUT2D eigenvalue weighted by Gasteiger charge is -2.27. The van der Waals surface area contributed by atoms with Gasteiger partial charge in [-0.05, 0) is 31.3 Å². The summed E-state index contributed by atoms with van der Waals surface area (Å²) in [4.78, 5) is 35.8. The molecule has 0 unspecified atom stereocenters. The van der Waals surface area contributed by atoms with E-state index in [4.69, 9.17) is 12.2 Å². The van der Waals surface area contributed by atoms with Crippen molar-refractivity contribution in [1.82, 2.24) is 10.2 Å². The van der Waals surface area contributed by atoms with Gasteiger partial charge in [0.15, 0.2) is 3.95 Å². The molecular formula is C13H13N5O5S2. The third kappa shape index (κ3) is 4.36. The van der Waals surface area contributed by atoms with Gasteiger partial charge in [0.1, 0.15) is 6.04 Å². The molecule has 2 rings (SSSR count). The van der Waals surface area contributed by atoms with E-state index >= 15 is 0 Å². The van der Waals surface area contributed by atoms with Crippen LogP contribution in [0.1, 0.15) is 6.92 Å². The highest BCUT2D eigenvalue weighted by Crippen LogP contribution is 2.23. The molecule has 0 radical (unpaired) electrons. The average Bonchev–Trinajstić information content (AvgIpc) is 2.99. The van der Waals surface area contributed by atoms with E-state index in [9.17, 15) is 19.7 Å². The van der Waals surface area contributed by atoms with E-state index < -0.39 is 23.0 Å². The van der Waals surface area contributed by atoms with Gasteiger partial charge in [0.05, 0.1) is 12.0 Å². The van der Waals surface area contributed by atoms with Crippen molar-refractivity contribution in [1.29, 1.82) is 0 Å². The fraction of sp³-hybridized carbons (Fsp3) is 0.231. The summed E-state index contributed by atoms with van der Waals surface area (Å²) in [5.74, 6) is -0.650. The van der Waals surface area contributed by atoms with Gasteiger partial charge in [-0.2, -0.15) is 0 Å². The lowest BCUT2D eigenvalue weighted by Crippen LogP contribution is -2.46. The van der Waals surface area contributed by atoms with E-state index in [1.165, 1.54) is 38.3 Å². The van der Waals surface area contributed by atoms with Crippen LogP contribution in [0.15, 0.2) is 24.3 Å². The highest BCUT2D eigenvalue weighted by Gasteiger charge is 2.29. The first kappa shape index (κ1) is 18.5. The molecule has 0 aliphatic heterocycles. The quantitative estimate of drug-likeness (QED) is 0.351. The molecule has 2 amide bonds. The molecule has 1 heterocycles. The Bertz CT molecular complexity index is 847. The monoisotopic (exact) mass is 383 g/mol. The van der Waals surface area contributed by atoms with Gasteiger partial charge < -0.3 is 4.74 Å². The number of nitrogens with zero attached hydrogens (tertiary/aromatic N) is 3. The zero-order valence-corrected chi connectivity index (χ0v) is 14.7. The summed E-state index contributed by atoms with van der Waals surface area (Å²) in [6.07, 6.45) is 0. The fourth-order valence-electron chi connectivity index (χ4n) is 1.96. The van der Waals surface area contributed by atoms with Crippen LogP contribution < -0.4 is 10.2 Å². The molecule has 0 fully saturated rings. The van der Waals surface area contributed by atoms with Gasteiger partial charge in [0, 0.05) is 17.8 Å². The molecule has 1 aromatic heterocycles. The number of anilines is 2. The number of aromatic amines is 1. The number of ether oxygens (including phenoxy) is 1. The van der Waals surface area contributed by atoms with Gasteiger partial charge in [0.2, 0.25) is 5.13 Å². The van der Waals surface area contributed by atoms with Gasteiger partial charge in [0.25, 0.3) is 5.69 Å². The van der Waals surface area contributed by atoms with Crippen LogP contribution >= 0.6 is 23.6 Å². The number of methoxy groups -OCH3 is 1. The third-order valence-corrected chi connectivity index (χ3v) is 4.14. The Morgan fingerprint density at radius 3 is 2.56 bits per heavy atom. The number of rotatable bonds is 5. The molecule has 0 aliphatic carbocycles. The summed E-state index contributed by atoms with van der Waals surface area (Å²) in [5.41, 5.74) is 0.139. The predicted molar refractivity (Wildman–Crippen MR) is 93.4 cm³/mol. The van der Waals surface area contributed by atoms with Crippen LogP contribution in [-0.4, -0.2) is 40.3 Å².